The molecule has 0 bridgehead atoms. The van der Waals surface area contributed by atoms with Gasteiger partial charge < -0.3 is 4.90 Å². The minimum Gasteiger partial charge on any atom is -0.337 e. The molecule has 2 aromatic heterocycles. The van der Waals surface area contributed by atoms with E-state index >= 15 is 0 Å². The van der Waals surface area contributed by atoms with Crippen molar-refractivity contribution in [3.63, 3.8) is 0 Å². The van der Waals surface area contributed by atoms with Gasteiger partial charge in [-0.25, -0.2) is 9.97 Å². The number of aromatic nitrogens is 4. The Balaban J connectivity index is 1.79. The summed E-state index contributed by atoms with van der Waals surface area (Å²) in [6, 6.07) is 1.96. The lowest BCUT2D eigenvalue weighted by molar-refractivity contribution is 0.0699. The molecule has 1 aliphatic heterocycles. The number of likely N-dealkylation sites (tertiary alicyclic amines) is 1. The van der Waals surface area contributed by atoms with Gasteiger partial charge in [-0.2, -0.15) is 5.10 Å². The average molecular weight is 306 g/mol. The van der Waals surface area contributed by atoms with Gasteiger partial charge in [-0.1, -0.05) is 11.6 Å². The molecule has 1 amide bonds. The third-order valence-corrected chi connectivity index (χ3v) is 4.01. The Labute approximate surface area is 127 Å². The largest absolute Gasteiger partial charge is 0.337 e. The molecule has 1 N–H and O–H groups in total. The topological polar surface area (TPSA) is 74.8 Å². The summed E-state index contributed by atoms with van der Waals surface area (Å²) in [5.74, 6) is 0.700. The van der Waals surface area contributed by atoms with Gasteiger partial charge in [-0.3, -0.25) is 9.89 Å². The Kier molecular flexibility index (Phi) is 3.88. The fourth-order valence-corrected chi connectivity index (χ4v) is 2.84. The monoisotopic (exact) mass is 305 g/mol. The standard InChI is InChI=1S/C14H16ClN5O/c1-9-16-7-11(15)13(18-9)14(21)20-6-2-3-10(8-20)12-4-5-17-19-12/h4-5,7,10H,2-3,6,8H2,1H3,(H,17,19). The first-order chi connectivity index (χ1) is 10.1. The van der Waals surface area contributed by atoms with Crippen molar-refractivity contribution in [2.45, 2.75) is 25.7 Å². The zero-order valence-electron chi connectivity index (χ0n) is 11.7. The molecule has 1 aliphatic rings. The number of rotatable bonds is 2. The number of nitrogens with one attached hydrogen (secondary N) is 1. The number of hydrogen-bond acceptors (Lipinski definition) is 4. The van der Waals surface area contributed by atoms with Gasteiger partial charge in [0.1, 0.15) is 5.82 Å². The maximum Gasteiger partial charge on any atom is 0.274 e. The predicted octanol–water partition coefficient (Wildman–Crippen LogP) is 2.18. The van der Waals surface area contributed by atoms with Crippen molar-refractivity contribution >= 4 is 17.5 Å². The first-order valence-corrected chi connectivity index (χ1v) is 7.30. The molecule has 6 nitrogen and oxygen atoms in total. The minimum atomic E-state index is -0.130. The average Bonchev–Trinajstić information content (AvgIpc) is 3.03. The zero-order chi connectivity index (χ0) is 14.8. The van der Waals surface area contributed by atoms with Crippen LogP contribution >= 0.6 is 11.6 Å². The molecule has 2 aromatic rings. The van der Waals surface area contributed by atoms with E-state index in [-0.39, 0.29) is 17.5 Å². The number of piperidine rings is 1. The third kappa shape index (κ3) is 2.90. The van der Waals surface area contributed by atoms with Gasteiger partial charge in [0.2, 0.25) is 0 Å². The molecule has 110 valence electrons. The lowest BCUT2D eigenvalue weighted by Gasteiger charge is -2.32. The van der Waals surface area contributed by atoms with E-state index in [1.165, 1.54) is 6.20 Å². The highest BCUT2D eigenvalue weighted by molar-refractivity contribution is 6.33. The highest BCUT2D eigenvalue weighted by Gasteiger charge is 2.28. The van der Waals surface area contributed by atoms with Gasteiger partial charge in [0.15, 0.2) is 5.69 Å². The van der Waals surface area contributed by atoms with Crippen LogP contribution in [-0.2, 0) is 0 Å². The highest BCUT2D eigenvalue weighted by atomic mass is 35.5. The first-order valence-electron chi connectivity index (χ1n) is 6.93. The van der Waals surface area contributed by atoms with Crippen LogP contribution in [0.2, 0.25) is 5.02 Å². The Hall–Kier alpha value is -1.95. The lowest BCUT2D eigenvalue weighted by Crippen LogP contribution is -2.39. The summed E-state index contributed by atoms with van der Waals surface area (Å²) in [7, 11) is 0. The Morgan fingerprint density at radius 1 is 1.52 bits per heavy atom. The molecular weight excluding hydrogens is 290 g/mol. The maximum atomic E-state index is 12.6. The smallest absolute Gasteiger partial charge is 0.274 e. The summed E-state index contributed by atoms with van der Waals surface area (Å²) < 4.78 is 0. The summed E-state index contributed by atoms with van der Waals surface area (Å²) in [6.45, 7) is 3.12. The molecule has 21 heavy (non-hydrogen) atoms. The van der Waals surface area contributed by atoms with E-state index in [4.69, 9.17) is 11.6 Å². The number of amides is 1. The molecule has 7 heteroatoms. The number of hydrogen-bond donors (Lipinski definition) is 1. The van der Waals surface area contributed by atoms with E-state index in [9.17, 15) is 4.79 Å². The van der Waals surface area contributed by atoms with Crippen molar-refractivity contribution < 1.29 is 4.79 Å². The van der Waals surface area contributed by atoms with Crippen LogP contribution in [0.15, 0.2) is 18.5 Å². The van der Waals surface area contributed by atoms with Gasteiger partial charge in [0.05, 0.1) is 11.2 Å². The Morgan fingerprint density at radius 2 is 2.38 bits per heavy atom. The highest BCUT2D eigenvalue weighted by Crippen LogP contribution is 2.27. The van der Waals surface area contributed by atoms with Crippen LogP contribution in [0.1, 0.15) is 40.8 Å². The number of carbonyl (C=O) groups is 1. The van der Waals surface area contributed by atoms with E-state index in [0.717, 1.165) is 25.1 Å². The summed E-state index contributed by atoms with van der Waals surface area (Å²) in [6.07, 6.45) is 5.22. The summed E-state index contributed by atoms with van der Waals surface area (Å²) >= 11 is 6.06. The molecule has 3 heterocycles. The van der Waals surface area contributed by atoms with Crippen molar-refractivity contribution in [1.29, 1.82) is 0 Å². The van der Waals surface area contributed by atoms with Gasteiger partial charge in [0, 0.05) is 30.9 Å². The summed E-state index contributed by atoms with van der Waals surface area (Å²) in [4.78, 5) is 22.6. The fourth-order valence-electron chi connectivity index (χ4n) is 2.66. The molecule has 1 fully saturated rings. The van der Waals surface area contributed by atoms with Crippen molar-refractivity contribution in [1.82, 2.24) is 25.1 Å². The van der Waals surface area contributed by atoms with E-state index in [2.05, 4.69) is 20.2 Å². The quantitative estimate of drug-likeness (QED) is 0.923. The number of nitrogens with zero attached hydrogens (tertiary/aromatic N) is 4. The summed E-state index contributed by atoms with van der Waals surface area (Å²) in [5.41, 5.74) is 1.35. The van der Waals surface area contributed by atoms with Crippen molar-refractivity contribution in [3.8, 4) is 0 Å². The molecule has 0 spiro atoms. The van der Waals surface area contributed by atoms with Crippen molar-refractivity contribution in [3.05, 3.63) is 40.7 Å². The molecule has 0 saturated carbocycles. The predicted molar refractivity (Wildman–Crippen MR) is 78.2 cm³/mol. The van der Waals surface area contributed by atoms with Crippen LogP contribution in [0.5, 0.6) is 0 Å². The van der Waals surface area contributed by atoms with E-state index in [1.807, 2.05) is 11.0 Å². The normalized spacial score (nSPS) is 18.8. The van der Waals surface area contributed by atoms with Crippen LogP contribution in [-0.4, -0.2) is 44.1 Å². The van der Waals surface area contributed by atoms with Gasteiger partial charge in [-0.15, -0.1) is 0 Å². The van der Waals surface area contributed by atoms with E-state index < -0.39 is 0 Å². The molecule has 0 aliphatic carbocycles. The second kappa shape index (κ2) is 5.81. The molecule has 0 aromatic carbocycles. The second-order valence-electron chi connectivity index (χ2n) is 5.22. The zero-order valence-corrected chi connectivity index (χ0v) is 12.5. The lowest BCUT2D eigenvalue weighted by atomic mass is 9.95. The van der Waals surface area contributed by atoms with Crippen LogP contribution in [0.25, 0.3) is 0 Å². The number of H-pyrrole nitrogens is 1. The SMILES string of the molecule is Cc1ncc(Cl)c(C(=O)N2CCCC(c3ccn[nH]3)C2)n1. The number of aryl methyl sites for hydroxylation is 1. The fraction of sp³-hybridized carbons (Fsp3) is 0.429. The minimum absolute atomic E-state index is 0.130. The molecular formula is C14H16ClN5O. The third-order valence-electron chi connectivity index (χ3n) is 3.74. The van der Waals surface area contributed by atoms with Crippen LogP contribution in [0.4, 0.5) is 0 Å². The van der Waals surface area contributed by atoms with Crippen molar-refractivity contribution in [2.75, 3.05) is 13.1 Å². The van der Waals surface area contributed by atoms with E-state index in [0.29, 0.717) is 17.4 Å². The van der Waals surface area contributed by atoms with E-state index in [1.54, 1.807) is 13.1 Å². The van der Waals surface area contributed by atoms with Gasteiger partial charge in [0.25, 0.3) is 5.91 Å². The molecule has 1 saturated heterocycles. The molecule has 1 unspecified atom stereocenters. The molecule has 1 atom stereocenters. The van der Waals surface area contributed by atoms with Gasteiger partial charge in [-0.05, 0) is 25.8 Å². The van der Waals surface area contributed by atoms with Crippen molar-refractivity contribution in [2.24, 2.45) is 0 Å². The Morgan fingerprint density at radius 3 is 3.14 bits per heavy atom. The molecule has 3 rings (SSSR count). The number of carbonyl (C=O) groups excluding carboxylic acids is 1. The van der Waals surface area contributed by atoms with Crippen LogP contribution < -0.4 is 0 Å². The second-order valence-corrected chi connectivity index (χ2v) is 5.62. The summed E-state index contributed by atoms with van der Waals surface area (Å²) in [5, 5.41) is 7.27. The number of halogens is 1. The Bertz CT molecular complexity index is 643. The number of aromatic amines is 1. The van der Waals surface area contributed by atoms with Crippen LogP contribution in [0.3, 0.4) is 0 Å². The van der Waals surface area contributed by atoms with Crippen LogP contribution in [0, 0.1) is 6.92 Å². The maximum absolute atomic E-state index is 12.6. The van der Waals surface area contributed by atoms with Gasteiger partial charge >= 0.3 is 0 Å². The molecule has 0 radical (unpaired) electrons. The first kappa shape index (κ1) is 14.0.